The number of rotatable bonds is 4. The molecule has 1 aromatic heterocycles. The third kappa shape index (κ3) is 2.98. The monoisotopic (exact) mass is 307 g/mol. The maximum absolute atomic E-state index is 12.3. The lowest BCUT2D eigenvalue weighted by atomic mass is 9.91. The number of carbonyl (C=O) groups is 1. The van der Waals surface area contributed by atoms with Crippen LogP contribution in [-0.4, -0.2) is 59.1 Å². The molecule has 114 valence electrons. The Morgan fingerprint density at radius 3 is 3.00 bits per heavy atom. The summed E-state index contributed by atoms with van der Waals surface area (Å²) in [4.78, 5) is 21.0. The molecule has 0 radical (unpaired) electrons. The highest BCUT2D eigenvalue weighted by molar-refractivity contribution is 7.09. The molecule has 1 saturated carbocycles. The van der Waals surface area contributed by atoms with Gasteiger partial charge in [-0.1, -0.05) is 0 Å². The number of ether oxygens (including phenoxy) is 1. The molecule has 5 nitrogen and oxygen atoms in total. The van der Waals surface area contributed by atoms with Gasteiger partial charge in [0.15, 0.2) is 0 Å². The smallest absolute Gasteiger partial charge is 0.223 e. The first kappa shape index (κ1) is 13.7. The molecule has 0 bridgehead atoms. The number of likely N-dealkylation sites (tertiary alicyclic amines) is 1. The average Bonchev–Trinajstić information content (AvgIpc) is 3.11. The quantitative estimate of drug-likeness (QED) is 0.842. The van der Waals surface area contributed by atoms with Crippen LogP contribution in [0.15, 0.2) is 11.6 Å². The lowest BCUT2D eigenvalue weighted by molar-refractivity contribution is -0.191. The number of nitrogens with zero attached hydrogens (tertiary/aromatic N) is 3. The van der Waals surface area contributed by atoms with E-state index < -0.39 is 0 Å². The molecule has 0 aromatic carbocycles. The summed E-state index contributed by atoms with van der Waals surface area (Å²) in [5.74, 6) is 0.998. The number of carbonyl (C=O) groups excluding carboxylic acids is 1. The van der Waals surface area contributed by atoms with Crippen molar-refractivity contribution in [1.82, 2.24) is 14.8 Å². The van der Waals surface area contributed by atoms with Crippen molar-refractivity contribution in [1.29, 1.82) is 0 Å². The van der Waals surface area contributed by atoms with Gasteiger partial charge in [0.2, 0.25) is 5.91 Å². The Morgan fingerprint density at radius 2 is 2.29 bits per heavy atom. The van der Waals surface area contributed by atoms with Crippen LogP contribution in [0.25, 0.3) is 0 Å². The molecule has 3 fully saturated rings. The second kappa shape index (κ2) is 5.34. The normalized spacial score (nSPS) is 25.0. The van der Waals surface area contributed by atoms with Crippen LogP contribution in [0, 0.1) is 5.92 Å². The summed E-state index contributed by atoms with van der Waals surface area (Å²) >= 11 is 1.70. The van der Waals surface area contributed by atoms with Crippen molar-refractivity contribution in [3.63, 3.8) is 0 Å². The highest BCUT2D eigenvalue weighted by atomic mass is 32.1. The molecule has 3 aliphatic rings. The van der Waals surface area contributed by atoms with E-state index in [2.05, 4.69) is 9.88 Å². The van der Waals surface area contributed by atoms with Crippen molar-refractivity contribution in [2.45, 2.75) is 31.4 Å². The van der Waals surface area contributed by atoms with Crippen molar-refractivity contribution in [3.8, 4) is 0 Å². The van der Waals surface area contributed by atoms with Gasteiger partial charge in [0, 0.05) is 37.6 Å². The molecule has 1 amide bonds. The molecule has 2 saturated heterocycles. The fourth-order valence-electron chi connectivity index (χ4n) is 3.35. The molecule has 0 N–H and O–H groups in total. The Labute approximate surface area is 128 Å². The number of hydrogen-bond acceptors (Lipinski definition) is 5. The second-order valence-electron chi connectivity index (χ2n) is 6.57. The van der Waals surface area contributed by atoms with E-state index in [4.69, 9.17) is 4.74 Å². The van der Waals surface area contributed by atoms with Gasteiger partial charge in [-0.2, -0.15) is 0 Å². The summed E-state index contributed by atoms with van der Waals surface area (Å²) in [5, 5.41) is 3.17. The Balaban J connectivity index is 1.30. The fraction of sp³-hybridized carbons (Fsp3) is 0.733. The molecular weight excluding hydrogens is 286 g/mol. The summed E-state index contributed by atoms with van der Waals surface area (Å²) in [5.41, 5.74) is -0.116. The number of aromatic nitrogens is 1. The first-order valence-electron chi connectivity index (χ1n) is 7.75. The summed E-state index contributed by atoms with van der Waals surface area (Å²) in [7, 11) is 0. The third-order valence-corrected chi connectivity index (χ3v) is 5.39. The minimum absolute atomic E-state index is 0.116. The van der Waals surface area contributed by atoms with Gasteiger partial charge in [-0.3, -0.25) is 9.69 Å². The number of amides is 1. The number of hydrogen-bond donors (Lipinski definition) is 0. The van der Waals surface area contributed by atoms with Crippen LogP contribution in [0.5, 0.6) is 0 Å². The van der Waals surface area contributed by atoms with Crippen molar-refractivity contribution in [3.05, 3.63) is 16.6 Å². The van der Waals surface area contributed by atoms with Gasteiger partial charge in [-0.25, -0.2) is 4.98 Å². The number of thiazole rings is 1. The van der Waals surface area contributed by atoms with Gasteiger partial charge in [-0.15, -0.1) is 11.3 Å². The van der Waals surface area contributed by atoms with E-state index in [0.29, 0.717) is 18.4 Å². The topological polar surface area (TPSA) is 45.7 Å². The first-order valence-corrected chi connectivity index (χ1v) is 8.63. The van der Waals surface area contributed by atoms with E-state index in [1.165, 1.54) is 12.8 Å². The molecule has 2 aliphatic heterocycles. The van der Waals surface area contributed by atoms with E-state index in [1.807, 2.05) is 16.5 Å². The summed E-state index contributed by atoms with van der Waals surface area (Å²) in [6.07, 6.45) is 5.08. The van der Waals surface area contributed by atoms with Crippen molar-refractivity contribution in [2.24, 2.45) is 5.92 Å². The second-order valence-corrected chi connectivity index (χ2v) is 7.54. The highest BCUT2D eigenvalue weighted by Crippen LogP contribution is 2.35. The van der Waals surface area contributed by atoms with Crippen LogP contribution in [0.4, 0.5) is 0 Å². The van der Waals surface area contributed by atoms with E-state index in [-0.39, 0.29) is 5.60 Å². The Kier molecular flexibility index (Phi) is 3.47. The van der Waals surface area contributed by atoms with E-state index in [9.17, 15) is 4.79 Å². The van der Waals surface area contributed by atoms with Gasteiger partial charge in [0.1, 0.15) is 10.6 Å². The molecule has 1 spiro atoms. The van der Waals surface area contributed by atoms with E-state index in [0.717, 1.165) is 44.2 Å². The summed E-state index contributed by atoms with van der Waals surface area (Å²) in [6.45, 7) is 4.95. The van der Waals surface area contributed by atoms with E-state index in [1.54, 1.807) is 11.3 Å². The van der Waals surface area contributed by atoms with Crippen LogP contribution in [-0.2, 0) is 16.1 Å². The molecule has 1 aliphatic carbocycles. The molecule has 0 atom stereocenters. The Morgan fingerprint density at radius 1 is 1.43 bits per heavy atom. The maximum Gasteiger partial charge on any atom is 0.223 e. The standard InChI is InChI=1S/C15H21N3O2S/c19-14(7-12-1-2-12)18-4-5-20-15(11-18)9-17(10-15)8-13-16-3-6-21-13/h3,6,12H,1-2,4-5,7-11H2. The van der Waals surface area contributed by atoms with Gasteiger partial charge >= 0.3 is 0 Å². The minimum atomic E-state index is -0.116. The van der Waals surface area contributed by atoms with Crippen molar-refractivity contribution >= 4 is 17.2 Å². The molecule has 6 heteroatoms. The lowest BCUT2D eigenvalue weighted by Crippen LogP contribution is -2.70. The van der Waals surface area contributed by atoms with Gasteiger partial charge in [-0.05, 0) is 18.8 Å². The zero-order valence-corrected chi connectivity index (χ0v) is 13.0. The molecule has 21 heavy (non-hydrogen) atoms. The Bertz CT molecular complexity index is 509. The summed E-state index contributed by atoms with van der Waals surface area (Å²) in [6, 6.07) is 0. The minimum Gasteiger partial charge on any atom is -0.369 e. The molecule has 4 rings (SSSR count). The molecule has 1 aromatic rings. The summed E-state index contributed by atoms with van der Waals surface area (Å²) < 4.78 is 6.00. The van der Waals surface area contributed by atoms with Gasteiger partial charge in [0.25, 0.3) is 0 Å². The average molecular weight is 307 g/mol. The molecular formula is C15H21N3O2S. The predicted octanol–water partition coefficient (Wildman–Crippen LogP) is 1.36. The fourth-order valence-corrected chi connectivity index (χ4v) is 4.01. The third-order valence-electron chi connectivity index (χ3n) is 4.63. The van der Waals surface area contributed by atoms with Crippen LogP contribution < -0.4 is 0 Å². The van der Waals surface area contributed by atoms with Crippen LogP contribution >= 0.6 is 11.3 Å². The van der Waals surface area contributed by atoms with Crippen LogP contribution in [0.3, 0.4) is 0 Å². The van der Waals surface area contributed by atoms with Gasteiger partial charge in [0.05, 0.1) is 19.7 Å². The van der Waals surface area contributed by atoms with Gasteiger partial charge < -0.3 is 9.64 Å². The highest BCUT2D eigenvalue weighted by Gasteiger charge is 2.48. The molecule has 0 unspecified atom stereocenters. The van der Waals surface area contributed by atoms with Crippen molar-refractivity contribution < 1.29 is 9.53 Å². The zero-order chi connectivity index (χ0) is 14.3. The van der Waals surface area contributed by atoms with Crippen LogP contribution in [0.1, 0.15) is 24.3 Å². The zero-order valence-electron chi connectivity index (χ0n) is 12.2. The Hall–Kier alpha value is -0.980. The van der Waals surface area contributed by atoms with E-state index >= 15 is 0 Å². The maximum atomic E-state index is 12.3. The van der Waals surface area contributed by atoms with Crippen molar-refractivity contribution in [2.75, 3.05) is 32.8 Å². The van der Waals surface area contributed by atoms with Crippen LogP contribution in [0.2, 0.25) is 0 Å². The predicted molar refractivity (Wildman–Crippen MR) is 80.0 cm³/mol. The molecule has 3 heterocycles. The number of morpholine rings is 1. The lowest BCUT2D eigenvalue weighted by Gasteiger charge is -2.53. The SMILES string of the molecule is O=C(CC1CC1)N1CCOC2(CN(Cc3nccs3)C2)C1. The first-order chi connectivity index (χ1) is 10.2. The largest absolute Gasteiger partial charge is 0.369 e.